The second kappa shape index (κ2) is 20.3. The van der Waals surface area contributed by atoms with Crippen LogP contribution in [-0.2, 0) is 47.4 Å². The Kier molecular flexibility index (Phi) is 16.7. The molecule has 59 heavy (non-hydrogen) atoms. The maximum Gasteiger partial charge on any atom is 0.221 e. The first-order valence-corrected chi connectivity index (χ1v) is 18.6. The van der Waals surface area contributed by atoms with Crippen molar-refractivity contribution in [2.75, 3.05) is 39.6 Å². The molecular formula is C32H55NO26. The summed E-state index contributed by atoms with van der Waals surface area (Å²) in [6.07, 6.45) is -42.2. The normalized spacial score (nSPS) is 51.0. The summed E-state index contributed by atoms with van der Waals surface area (Å²) in [5.41, 5.74) is 0. The third kappa shape index (κ3) is 9.84. The quantitative estimate of drug-likeness (QED) is 0.0770. The highest BCUT2D eigenvalue weighted by atomic mass is 16.8. The van der Waals surface area contributed by atoms with Crippen molar-refractivity contribution in [3.05, 3.63) is 0 Å². The number of carbonyl (C=O) groups excluding carboxylic acids is 1. The van der Waals surface area contributed by atoms with E-state index >= 15 is 0 Å². The number of nitrogens with one attached hydrogen (secondary N) is 1. The average Bonchev–Trinajstić information content (AvgIpc) is 3.21. The minimum absolute atomic E-state index is 0.730. The minimum atomic E-state index is -2.64. The molecule has 27 heteroatoms. The van der Waals surface area contributed by atoms with Crippen LogP contribution in [0.4, 0.5) is 0 Å². The predicted molar refractivity (Wildman–Crippen MR) is 178 cm³/mol. The number of aliphatic hydroxyl groups is 16. The number of amides is 1. The molecule has 0 saturated carbocycles. The molecule has 5 rings (SSSR count). The molecule has 17 N–H and O–H groups in total. The SMILES string of the molecule is CC(=O)N[C@H]1[C@H](O[C@H]2[C@@H](O)[C@@H](CO)O[C@@H](O[C@H]3[C@H](O)[C@@H](O)C(O)O[C@@H]3CO)[C@@H]2O)O[C@H](CO)[C@@H](O[C@@]2(CO)OC[C@@H](O)[C@@H](O)[C@@H]2O)[C@@H]1O[C@@H]1O[C@H](CO)[C@H](O)[C@H](O)[C@H]1O. The maximum atomic E-state index is 12.8. The Morgan fingerprint density at radius 1 is 0.559 bits per heavy atom. The molecule has 0 radical (unpaired) electrons. The predicted octanol–water partition coefficient (Wildman–Crippen LogP) is -11.8. The van der Waals surface area contributed by atoms with Gasteiger partial charge in [0, 0.05) is 6.92 Å². The Morgan fingerprint density at radius 3 is 1.66 bits per heavy atom. The molecular weight excluding hydrogens is 814 g/mol. The first-order valence-electron chi connectivity index (χ1n) is 18.6. The van der Waals surface area contributed by atoms with Gasteiger partial charge in [-0.05, 0) is 0 Å². The number of ether oxygens (including phenoxy) is 9. The van der Waals surface area contributed by atoms with Gasteiger partial charge in [-0.2, -0.15) is 0 Å². The van der Waals surface area contributed by atoms with Crippen LogP contribution >= 0.6 is 0 Å². The van der Waals surface area contributed by atoms with Gasteiger partial charge >= 0.3 is 0 Å². The molecule has 344 valence electrons. The summed E-state index contributed by atoms with van der Waals surface area (Å²) in [5, 5.41) is 170. The molecule has 24 atom stereocenters. The molecule has 5 fully saturated rings. The molecule has 27 nitrogen and oxygen atoms in total. The largest absolute Gasteiger partial charge is 0.394 e. The van der Waals surface area contributed by atoms with Crippen LogP contribution < -0.4 is 5.32 Å². The third-order valence-electron chi connectivity index (χ3n) is 10.8. The van der Waals surface area contributed by atoms with E-state index in [1.54, 1.807) is 0 Å². The van der Waals surface area contributed by atoms with Crippen LogP contribution in [-0.4, -0.2) is 274 Å². The van der Waals surface area contributed by atoms with Gasteiger partial charge in [-0.1, -0.05) is 0 Å². The van der Waals surface area contributed by atoms with Gasteiger partial charge in [-0.25, -0.2) is 0 Å². The number of rotatable bonds is 14. The van der Waals surface area contributed by atoms with E-state index in [0.717, 1.165) is 6.92 Å². The highest BCUT2D eigenvalue weighted by Gasteiger charge is 2.60. The van der Waals surface area contributed by atoms with Crippen molar-refractivity contribution in [3.8, 4) is 0 Å². The molecule has 0 aromatic heterocycles. The van der Waals surface area contributed by atoms with Crippen molar-refractivity contribution in [1.82, 2.24) is 5.32 Å². The Hall–Kier alpha value is -1.53. The summed E-state index contributed by atoms with van der Waals surface area (Å²) in [6, 6.07) is -1.84. The molecule has 5 saturated heterocycles. The van der Waals surface area contributed by atoms with Gasteiger partial charge in [-0.15, -0.1) is 0 Å². The van der Waals surface area contributed by atoms with Gasteiger partial charge < -0.3 is 130 Å². The first kappa shape index (κ1) is 48.5. The van der Waals surface area contributed by atoms with Crippen LogP contribution in [0.5, 0.6) is 0 Å². The van der Waals surface area contributed by atoms with Gasteiger partial charge in [0.05, 0.1) is 33.0 Å². The highest BCUT2D eigenvalue weighted by molar-refractivity contribution is 5.73. The minimum Gasteiger partial charge on any atom is -0.394 e. The topological polar surface area (TPSA) is 436 Å². The maximum absolute atomic E-state index is 12.8. The molecule has 5 heterocycles. The number of aliphatic hydroxyl groups excluding tert-OH is 16. The number of hydrogen-bond donors (Lipinski definition) is 17. The van der Waals surface area contributed by atoms with Crippen LogP contribution in [0.15, 0.2) is 0 Å². The number of carbonyl (C=O) groups is 1. The van der Waals surface area contributed by atoms with Crippen molar-refractivity contribution in [3.63, 3.8) is 0 Å². The Balaban J connectivity index is 1.53. The molecule has 1 amide bonds. The van der Waals surface area contributed by atoms with Gasteiger partial charge in [-0.3, -0.25) is 4.79 Å². The molecule has 0 spiro atoms. The van der Waals surface area contributed by atoms with E-state index < -0.39 is 192 Å². The van der Waals surface area contributed by atoms with Crippen molar-refractivity contribution in [2.45, 2.75) is 154 Å². The zero-order valence-corrected chi connectivity index (χ0v) is 31.3. The average molecular weight is 870 g/mol. The molecule has 5 aliphatic rings. The standard InChI is InChI=1S/C32H55NO26/c1-8(39)33-14-25(57-30-21(47)18(44)16(42)10(2-34)53-30)24(59-32(7-38)27(49)15(41)9(40)6-51-32)13(5-37)55-29(14)58-26-17(43)11(3-35)54-31(22(26)48)56-23-12(4-36)52-28(50)20(46)19(23)45/h9-31,34-38,40-50H,2-7H2,1H3,(H,33,39)/t9-,10-,11-,12-,13-,14-,15-,16+,17+,18+,19-,20-,21-,22-,23-,24-,25-,26+,27+,28?,29+,30+,31+,32-/m1/s1. The zero-order valence-electron chi connectivity index (χ0n) is 31.3. The van der Waals surface area contributed by atoms with Gasteiger partial charge in [0.15, 0.2) is 25.2 Å². The Bertz CT molecular complexity index is 1340. The fourth-order valence-electron chi connectivity index (χ4n) is 7.46. The van der Waals surface area contributed by atoms with Gasteiger partial charge in [0.2, 0.25) is 11.7 Å². The van der Waals surface area contributed by atoms with E-state index in [1.807, 2.05) is 0 Å². The molecule has 1 unspecified atom stereocenters. The second-order valence-corrected chi connectivity index (χ2v) is 14.8. The molecule has 5 aliphatic heterocycles. The molecule has 0 bridgehead atoms. The third-order valence-corrected chi connectivity index (χ3v) is 10.8. The molecule has 0 aromatic carbocycles. The Labute approximate surface area is 333 Å². The van der Waals surface area contributed by atoms with Crippen molar-refractivity contribution in [2.24, 2.45) is 0 Å². The Morgan fingerprint density at radius 2 is 1.08 bits per heavy atom. The van der Waals surface area contributed by atoms with E-state index in [0.29, 0.717) is 0 Å². The van der Waals surface area contributed by atoms with E-state index in [9.17, 15) is 86.5 Å². The van der Waals surface area contributed by atoms with Crippen molar-refractivity contribution < 1.29 is 129 Å². The van der Waals surface area contributed by atoms with E-state index in [2.05, 4.69) is 5.32 Å². The summed E-state index contributed by atoms with van der Waals surface area (Å²) < 4.78 is 51.2. The van der Waals surface area contributed by atoms with Crippen molar-refractivity contribution >= 4 is 5.91 Å². The monoisotopic (exact) mass is 869 g/mol. The lowest BCUT2D eigenvalue weighted by atomic mass is 9.92. The first-order chi connectivity index (χ1) is 27.9. The van der Waals surface area contributed by atoms with Crippen LogP contribution in [0.25, 0.3) is 0 Å². The summed E-state index contributed by atoms with van der Waals surface area (Å²) in [4.78, 5) is 12.8. The van der Waals surface area contributed by atoms with Crippen LogP contribution in [0, 0.1) is 0 Å². The van der Waals surface area contributed by atoms with E-state index in [4.69, 9.17) is 42.6 Å². The fourth-order valence-corrected chi connectivity index (χ4v) is 7.46. The summed E-state index contributed by atoms with van der Waals surface area (Å²) in [6.45, 7) is -4.88. The lowest BCUT2D eigenvalue weighted by Crippen LogP contribution is -2.73. The fraction of sp³-hybridized carbons (Fsp3) is 0.969. The van der Waals surface area contributed by atoms with Crippen LogP contribution in [0.3, 0.4) is 0 Å². The van der Waals surface area contributed by atoms with Gasteiger partial charge in [0.1, 0.15) is 123 Å². The van der Waals surface area contributed by atoms with E-state index in [1.165, 1.54) is 0 Å². The summed E-state index contributed by atoms with van der Waals surface area (Å²) in [5.74, 6) is -3.52. The zero-order chi connectivity index (χ0) is 43.7. The smallest absolute Gasteiger partial charge is 0.221 e. The number of hydrogen-bond acceptors (Lipinski definition) is 26. The van der Waals surface area contributed by atoms with E-state index in [-0.39, 0.29) is 0 Å². The van der Waals surface area contributed by atoms with Crippen molar-refractivity contribution in [1.29, 1.82) is 0 Å². The van der Waals surface area contributed by atoms with Gasteiger partial charge in [0.25, 0.3) is 0 Å². The van der Waals surface area contributed by atoms with Crippen LogP contribution in [0.2, 0.25) is 0 Å². The second-order valence-electron chi connectivity index (χ2n) is 14.8. The summed E-state index contributed by atoms with van der Waals surface area (Å²) in [7, 11) is 0. The lowest BCUT2D eigenvalue weighted by Gasteiger charge is -2.53. The lowest BCUT2D eigenvalue weighted by molar-refractivity contribution is -0.410. The van der Waals surface area contributed by atoms with Crippen LogP contribution in [0.1, 0.15) is 6.92 Å². The molecule has 0 aromatic rings. The highest BCUT2D eigenvalue weighted by Crippen LogP contribution is 2.38. The summed E-state index contributed by atoms with van der Waals surface area (Å²) >= 11 is 0. The molecule has 0 aliphatic carbocycles.